The Morgan fingerprint density at radius 3 is 2.63 bits per heavy atom. The zero-order valence-electron chi connectivity index (χ0n) is 10.6. The summed E-state index contributed by atoms with van der Waals surface area (Å²) in [7, 11) is 1.35. The van der Waals surface area contributed by atoms with Crippen molar-refractivity contribution in [3.05, 3.63) is 54.2 Å². The molecule has 0 aliphatic heterocycles. The molecule has 0 fully saturated rings. The van der Waals surface area contributed by atoms with Crippen LogP contribution < -0.4 is 0 Å². The summed E-state index contributed by atoms with van der Waals surface area (Å²) in [6.45, 7) is 0. The molecule has 0 saturated heterocycles. The molecule has 2 aromatic rings. The maximum Gasteiger partial charge on any atom is 0.317 e. The number of pyridine rings is 1. The minimum Gasteiger partial charge on any atom is -0.468 e. The molecule has 0 unspecified atom stereocenters. The number of methoxy groups -OCH3 is 1. The van der Waals surface area contributed by atoms with E-state index in [1.165, 1.54) is 7.11 Å². The number of ether oxygens (including phenoxy) is 1. The Kier molecular flexibility index (Phi) is 4.30. The van der Waals surface area contributed by atoms with Crippen molar-refractivity contribution in [3.8, 4) is 23.1 Å². The molecule has 0 bridgehead atoms. The third kappa shape index (κ3) is 3.68. The Morgan fingerprint density at radius 2 is 2.00 bits per heavy atom. The highest BCUT2D eigenvalue weighted by atomic mass is 16.5. The van der Waals surface area contributed by atoms with Crippen LogP contribution in [0.2, 0.25) is 0 Å². The van der Waals surface area contributed by atoms with Crippen LogP contribution in [0.15, 0.2) is 48.7 Å². The van der Waals surface area contributed by atoms with Crippen LogP contribution in [0, 0.1) is 11.8 Å². The molecule has 0 saturated carbocycles. The van der Waals surface area contributed by atoms with Crippen molar-refractivity contribution in [3.63, 3.8) is 0 Å². The van der Waals surface area contributed by atoms with Crippen LogP contribution in [-0.2, 0) is 9.53 Å². The first-order chi connectivity index (χ1) is 9.29. The molecule has 0 aliphatic carbocycles. The molecule has 3 heteroatoms. The lowest BCUT2D eigenvalue weighted by atomic mass is 10.1. The first-order valence-electron chi connectivity index (χ1n) is 5.87. The van der Waals surface area contributed by atoms with E-state index in [1.54, 1.807) is 6.20 Å². The van der Waals surface area contributed by atoms with E-state index < -0.39 is 0 Å². The predicted molar refractivity (Wildman–Crippen MR) is 73.2 cm³/mol. The Balaban J connectivity index is 2.09. The van der Waals surface area contributed by atoms with E-state index >= 15 is 0 Å². The molecule has 94 valence electrons. The molecule has 19 heavy (non-hydrogen) atoms. The van der Waals surface area contributed by atoms with Crippen LogP contribution >= 0.6 is 0 Å². The molecule has 0 atom stereocenters. The minimum absolute atomic E-state index is 0.110. The zero-order valence-corrected chi connectivity index (χ0v) is 10.6. The van der Waals surface area contributed by atoms with Gasteiger partial charge in [0.15, 0.2) is 0 Å². The Bertz CT molecular complexity index is 607. The van der Waals surface area contributed by atoms with E-state index in [0.29, 0.717) is 0 Å². The lowest BCUT2D eigenvalue weighted by Gasteiger charge is -1.99. The Hall–Kier alpha value is -2.60. The summed E-state index contributed by atoms with van der Waals surface area (Å²) in [5, 5.41) is 0. The lowest BCUT2D eigenvalue weighted by Crippen LogP contribution is -1.96. The van der Waals surface area contributed by atoms with Crippen LogP contribution in [0.5, 0.6) is 0 Å². The number of benzene rings is 1. The molecule has 0 radical (unpaired) electrons. The van der Waals surface area contributed by atoms with Gasteiger partial charge in [0, 0.05) is 17.3 Å². The van der Waals surface area contributed by atoms with Gasteiger partial charge in [-0.1, -0.05) is 30.0 Å². The molecule has 0 N–H and O–H groups in total. The fourth-order valence-corrected chi connectivity index (χ4v) is 1.55. The molecule has 2 rings (SSSR count). The quantitative estimate of drug-likeness (QED) is 0.608. The number of rotatable bonds is 2. The van der Waals surface area contributed by atoms with E-state index in [9.17, 15) is 4.79 Å². The predicted octanol–water partition coefficient (Wildman–Crippen LogP) is 2.66. The molecule has 3 nitrogen and oxygen atoms in total. The number of carbonyl (C=O) groups is 1. The van der Waals surface area contributed by atoms with Crippen molar-refractivity contribution in [1.82, 2.24) is 4.98 Å². The topological polar surface area (TPSA) is 39.2 Å². The molecule has 0 amide bonds. The van der Waals surface area contributed by atoms with E-state index in [1.807, 2.05) is 42.5 Å². The van der Waals surface area contributed by atoms with Crippen molar-refractivity contribution >= 4 is 5.97 Å². The smallest absolute Gasteiger partial charge is 0.317 e. The maximum absolute atomic E-state index is 10.9. The molecule has 0 spiro atoms. The lowest BCUT2D eigenvalue weighted by molar-refractivity contribution is -0.139. The number of hydrogen-bond donors (Lipinski definition) is 0. The third-order valence-corrected chi connectivity index (χ3v) is 2.54. The number of aromatic nitrogens is 1. The van der Waals surface area contributed by atoms with Crippen molar-refractivity contribution in [2.24, 2.45) is 0 Å². The average Bonchev–Trinajstić information content (AvgIpc) is 2.48. The number of esters is 1. The molecular weight excluding hydrogens is 238 g/mol. The van der Waals surface area contributed by atoms with Gasteiger partial charge in [-0.15, -0.1) is 0 Å². The summed E-state index contributed by atoms with van der Waals surface area (Å²) >= 11 is 0. The van der Waals surface area contributed by atoms with Crippen LogP contribution in [0.4, 0.5) is 0 Å². The summed E-state index contributed by atoms with van der Waals surface area (Å²) in [6, 6.07) is 13.5. The van der Waals surface area contributed by atoms with Gasteiger partial charge < -0.3 is 4.74 Å². The first-order valence-corrected chi connectivity index (χ1v) is 5.87. The molecule has 0 aliphatic rings. The van der Waals surface area contributed by atoms with Gasteiger partial charge >= 0.3 is 5.97 Å². The minimum atomic E-state index is -0.322. The van der Waals surface area contributed by atoms with Crippen LogP contribution in [0.25, 0.3) is 11.3 Å². The van der Waals surface area contributed by atoms with Gasteiger partial charge in [0.05, 0.1) is 12.8 Å². The van der Waals surface area contributed by atoms with E-state index in [-0.39, 0.29) is 12.4 Å². The van der Waals surface area contributed by atoms with Crippen LogP contribution in [-0.4, -0.2) is 18.1 Å². The molecular formula is C16H13NO2. The number of nitrogens with zero attached hydrogens (tertiary/aromatic N) is 1. The average molecular weight is 251 g/mol. The monoisotopic (exact) mass is 251 g/mol. The van der Waals surface area contributed by atoms with Gasteiger partial charge in [-0.05, 0) is 24.3 Å². The van der Waals surface area contributed by atoms with E-state index in [2.05, 4.69) is 21.6 Å². The Morgan fingerprint density at radius 1 is 1.21 bits per heavy atom. The summed E-state index contributed by atoms with van der Waals surface area (Å²) in [5.74, 6) is 5.37. The fraction of sp³-hybridized carbons (Fsp3) is 0.125. The molecule has 1 aromatic heterocycles. The van der Waals surface area contributed by atoms with Crippen molar-refractivity contribution in [2.75, 3.05) is 7.11 Å². The van der Waals surface area contributed by atoms with Gasteiger partial charge in [0.2, 0.25) is 0 Å². The van der Waals surface area contributed by atoms with Gasteiger partial charge in [-0.25, -0.2) is 0 Å². The van der Waals surface area contributed by atoms with Gasteiger partial charge in [-0.2, -0.15) is 0 Å². The largest absolute Gasteiger partial charge is 0.468 e. The molecule has 1 aromatic carbocycles. The maximum atomic E-state index is 10.9. The van der Waals surface area contributed by atoms with E-state index in [4.69, 9.17) is 0 Å². The second kappa shape index (κ2) is 6.36. The van der Waals surface area contributed by atoms with Gasteiger partial charge in [0.1, 0.15) is 6.42 Å². The third-order valence-electron chi connectivity index (χ3n) is 2.54. The summed E-state index contributed by atoms with van der Waals surface area (Å²) in [5.41, 5.74) is 2.83. The summed E-state index contributed by atoms with van der Waals surface area (Å²) < 4.78 is 4.52. The SMILES string of the molecule is COC(=O)CC#Cc1ccc(-c2ccccn2)cc1. The summed E-state index contributed by atoms with van der Waals surface area (Å²) in [4.78, 5) is 15.2. The van der Waals surface area contributed by atoms with Crippen molar-refractivity contribution < 1.29 is 9.53 Å². The highest BCUT2D eigenvalue weighted by Crippen LogP contribution is 2.16. The summed E-state index contributed by atoms with van der Waals surface area (Å²) in [6.07, 6.45) is 1.87. The zero-order chi connectivity index (χ0) is 13.5. The molecule has 1 heterocycles. The highest BCUT2D eigenvalue weighted by Gasteiger charge is 1.97. The van der Waals surface area contributed by atoms with Crippen molar-refractivity contribution in [2.45, 2.75) is 6.42 Å². The van der Waals surface area contributed by atoms with Crippen LogP contribution in [0.3, 0.4) is 0 Å². The van der Waals surface area contributed by atoms with Gasteiger partial charge in [0.25, 0.3) is 0 Å². The first kappa shape index (κ1) is 12.8. The number of carbonyl (C=O) groups excluding carboxylic acids is 1. The standard InChI is InChI=1S/C16H13NO2/c1-19-16(18)7-4-5-13-8-10-14(11-9-13)15-6-2-3-12-17-15/h2-3,6,8-12H,7H2,1H3. The van der Waals surface area contributed by atoms with Crippen molar-refractivity contribution in [1.29, 1.82) is 0 Å². The Labute approximate surface area is 112 Å². The normalized spacial score (nSPS) is 9.32. The van der Waals surface area contributed by atoms with E-state index in [0.717, 1.165) is 16.8 Å². The fourth-order valence-electron chi connectivity index (χ4n) is 1.55. The highest BCUT2D eigenvalue weighted by molar-refractivity contribution is 5.72. The number of hydrogen-bond acceptors (Lipinski definition) is 3. The second-order valence-electron chi connectivity index (χ2n) is 3.85. The second-order valence-corrected chi connectivity index (χ2v) is 3.85. The van der Waals surface area contributed by atoms with Crippen LogP contribution in [0.1, 0.15) is 12.0 Å². The van der Waals surface area contributed by atoms with Gasteiger partial charge in [-0.3, -0.25) is 9.78 Å².